The monoisotopic (exact) mass is 302 g/mol. The minimum atomic E-state index is 0.198. The minimum Gasteiger partial charge on any atom is -0.489 e. The Balaban J connectivity index is 2.22. The summed E-state index contributed by atoms with van der Waals surface area (Å²) in [5.41, 5.74) is 2.22. The van der Waals surface area contributed by atoms with Crippen LogP contribution in [0.2, 0.25) is 5.02 Å². The summed E-state index contributed by atoms with van der Waals surface area (Å²) < 4.78 is 12.6. The average Bonchev–Trinajstić information content (AvgIpc) is 2.78. The highest BCUT2D eigenvalue weighted by Crippen LogP contribution is 2.51. The predicted octanol–water partition coefficient (Wildman–Crippen LogP) is 3.75. The minimum absolute atomic E-state index is 0.198. The van der Waals surface area contributed by atoms with Crippen molar-refractivity contribution in [2.45, 2.75) is 38.9 Å². The second-order valence-corrected chi connectivity index (χ2v) is 5.68. The van der Waals surface area contributed by atoms with Crippen LogP contribution < -0.4 is 9.47 Å². The van der Waals surface area contributed by atoms with Gasteiger partial charge in [-0.2, -0.15) is 0 Å². The molecule has 0 aromatic heterocycles. The van der Waals surface area contributed by atoms with Crippen LogP contribution in [0.1, 0.15) is 25.0 Å². The summed E-state index contributed by atoms with van der Waals surface area (Å²) in [6.45, 7) is 4.11. The summed E-state index contributed by atoms with van der Waals surface area (Å²) in [6, 6.07) is 0. The fourth-order valence-electron chi connectivity index (χ4n) is 2.41. The van der Waals surface area contributed by atoms with Gasteiger partial charge in [0.25, 0.3) is 0 Å². The van der Waals surface area contributed by atoms with Gasteiger partial charge in [-0.1, -0.05) is 11.6 Å². The molecular formula is C12H12BrClO2. The molecule has 2 aliphatic rings. The van der Waals surface area contributed by atoms with E-state index in [4.69, 9.17) is 21.1 Å². The molecule has 2 aliphatic heterocycles. The van der Waals surface area contributed by atoms with Gasteiger partial charge in [0.1, 0.15) is 23.7 Å². The number of fused-ring (bicyclic) bond motifs is 2. The number of halogens is 2. The smallest absolute Gasteiger partial charge is 0.143 e. The lowest BCUT2D eigenvalue weighted by Crippen LogP contribution is -2.07. The first-order valence-corrected chi connectivity index (χ1v) is 6.61. The third-order valence-electron chi connectivity index (χ3n) is 3.10. The topological polar surface area (TPSA) is 18.5 Å². The third-order valence-corrected chi connectivity index (χ3v) is 4.34. The second kappa shape index (κ2) is 3.54. The average molecular weight is 304 g/mol. The van der Waals surface area contributed by atoms with Crippen LogP contribution in [0, 0.1) is 0 Å². The normalized spacial score (nSPS) is 26.0. The summed E-state index contributed by atoms with van der Waals surface area (Å²) in [5, 5.41) is 0.738. The van der Waals surface area contributed by atoms with Gasteiger partial charge in [0.15, 0.2) is 0 Å². The van der Waals surface area contributed by atoms with Crippen molar-refractivity contribution in [2.75, 3.05) is 0 Å². The van der Waals surface area contributed by atoms with Gasteiger partial charge in [0, 0.05) is 24.0 Å². The largest absolute Gasteiger partial charge is 0.489 e. The molecule has 2 unspecified atom stereocenters. The molecule has 1 aromatic rings. The summed E-state index contributed by atoms with van der Waals surface area (Å²) in [4.78, 5) is 0. The summed E-state index contributed by atoms with van der Waals surface area (Å²) in [5.74, 6) is 1.76. The van der Waals surface area contributed by atoms with Crippen LogP contribution in [0.15, 0.2) is 4.47 Å². The fraction of sp³-hybridized carbons (Fsp3) is 0.500. The van der Waals surface area contributed by atoms with E-state index in [1.807, 2.05) is 0 Å². The molecule has 2 atom stereocenters. The van der Waals surface area contributed by atoms with Crippen molar-refractivity contribution < 1.29 is 9.47 Å². The summed E-state index contributed by atoms with van der Waals surface area (Å²) in [7, 11) is 0. The van der Waals surface area contributed by atoms with E-state index in [0.717, 1.165) is 45.0 Å². The molecule has 4 heteroatoms. The molecule has 0 amide bonds. The third kappa shape index (κ3) is 1.37. The first kappa shape index (κ1) is 10.7. The van der Waals surface area contributed by atoms with Gasteiger partial charge in [-0.15, -0.1) is 0 Å². The number of ether oxygens (including phenoxy) is 2. The van der Waals surface area contributed by atoms with Gasteiger partial charge in [-0.25, -0.2) is 0 Å². The van der Waals surface area contributed by atoms with Crippen molar-refractivity contribution in [1.29, 1.82) is 0 Å². The molecule has 0 N–H and O–H groups in total. The molecule has 2 heterocycles. The van der Waals surface area contributed by atoms with E-state index < -0.39 is 0 Å². The highest BCUT2D eigenvalue weighted by atomic mass is 79.9. The van der Waals surface area contributed by atoms with Crippen LogP contribution in [0.5, 0.6) is 11.5 Å². The Labute approximate surface area is 108 Å². The van der Waals surface area contributed by atoms with Crippen molar-refractivity contribution in [3.05, 3.63) is 20.6 Å². The Morgan fingerprint density at radius 3 is 2.31 bits per heavy atom. The quantitative estimate of drug-likeness (QED) is 0.727. The molecule has 0 radical (unpaired) electrons. The van der Waals surface area contributed by atoms with Crippen LogP contribution in [-0.2, 0) is 12.8 Å². The Morgan fingerprint density at radius 2 is 1.62 bits per heavy atom. The van der Waals surface area contributed by atoms with Crippen LogP contribution >= 0.6 is 27.5 Å². The molecule has 3 rings (SSSR count). The van der Waals surface area contributed by atoms with E-state index in [2.05, 4.69) is 29.8 Å². The van der Waals surface area contributed by atoms with Crippen molar-refractivity contribution >= 4 is 27.5 Å². The van der Waals surface area contributed by atoms with Crippen LogP contribution in [0.25, 0.3) is 0 Å². The first-order chi connectivity index (χ1) is 7.58. The highest BCUT2D eigenvalue weighted by molar-refractivity contribution is 9.10. The van der Waals surface area contributed by atoms with Crippen molar-refractivity contribution in [1.82, 2.24) is 0 Å². The van der Waals surface area contributed by atoms with Gasteiger partial charge in [0.05, 0.1) is 9.50 Å². The number of hydrogen-bond donors (Lipinski definition) is 0. The van der Waals surface area contributed by atoms with Gasteiger partial charge >= 0.3 is 0 Å². The number of rotatable bonds is 0. The van der Waals surface area contributed by atoms with E-state index >= 15 is 0 Å². The Bertz CT molecular complexity index is 393. The van der Waals surface area contributed by atoms with Gasteiger partial charge in [-0.05, 0) is 29.8 Å². The second-order valence-electron chi connectivity index (χ2n) is 4.51. The van der Waals surface area contributed by atoms with E-state index in [-0.39, 0.29) is 12.2 Å². The maximum atomic E-state index is 6.38. The number of hydrogen-bond acceptors (Lipinski definition) is 2. The fourth-order valence-corrected chi connectivity index (χ4v) is 3.41. The summed E-state index contributed by atoms with van der Waals surface area (Å²) >= 11 is 9.99. The molecule has 0 bridgehead atoms. The Morgan fingerprint density at radius 1 is 1.06 bits per heavy atom. The molecule has 2 nitrogen and oxygen atoms in total. The van der Waals surface area contributed by atoms with Crippen molar-refractivity contribution in [3.63, 3.8) is 0 Å². The molecule has 0 fully saturated rings. The molecule has 1 aromatic carbocycles. The summed E-state index contributed by atoms with van der Waals surface area (Å²) in [6.07, 6.45) is 2.14. The van der Waals surface area contributed by atoms with E-state index in [0.29, 0.717) is 0 Å². The number of benzene rings is 1. The highest BCUT2D eigenvalue weighted by Gasteiger charge is 2.34. The zero-order chi connectivity index (χ0) is 11.4. The lowest BCUT2D eigenvalue weighted by Gasteiger charge is -2.10. The molecule has 86 valence electrons. The maximum Gasteiger partial charge on any atom is 0.143 e. The standard InChI is InChI=1S/C12H12BrClO2/c1-5-3-7-9(13)11-8(4-6(2)15-11)10(14)12(7)16-5/h5-6H,3-4H2,1-2H3. The molecular weight excluding hydrogens is 291 g/mol. The van der Waals surface area contributed by atoms with E-state index in [1.165, 1.54) is 0 Å². The van der Waals surface area contributed by atoms with E-state index in [1.54, 1.807) is 0 Å². The van der Waals surface area contributed by atoms with Crippen LogP contribution in [0.3, 0.4) is 0 Å². The SMILES string of the molecule is CC1Cc2c(Br)c3c(c(Cl)c2O1)CC(C)O3. The Hall–Kier alpha value is -0.410. The lowest BCUT2D eigenvalue weighted by atomic mass is 10.0. The predicted molar refractivity (Wildman–Crippen MR) is 66.7 cm³/mol. The van der Waals surface area contributed by atoms with E-state index in [9.17, 15) is 0 Å². The van der Waals surface area contributed by atoms with Crippen molar-refractivity contribution in [3.8, 4) is 11.5 Å². The molecule has 0 saturated carbocycles. The molecule has 0 saturated heterocycles. The molecule has 0 aliphatic carbocycles. The van der Waals surface area contributed by atoms with Crippen LogP contribution in [-0.4, -0.2) is 12.2 Å². The maximum absolute atomic E-state index is 6.38. The molecule has 16 heavy (non-hydrogen) atoms. The van der Waals surface area contributed by atoms with Gasteiger partial charge in [-0.3, -0.25) is 0 Å². The van der Waals surface area contributed by atoms with Gasteiger partial charge in [0.2, 0.25) is 0 Å². The zero-order valence-electron chi connectivity index (χ0n) is 9.14. The molecule has 0 spiro atoms. The van der Waals surface area contributed by atoms with Gasteiger partial charge < -0.3 is 9.47 Å². The lowest BCUT2D eigenvalue weighted by molar-refractivity contribution is 0.252. The van der Waals surface area contributed by atoms with Crippen LogP contribution in [0.4, 0.5) is 0 Å². The first-order valence-electron chi connectivity index (χ1n) is 5.44. The Kier molecular flexibility index (Phi) is 2.37. The zero-order valence-corrected chi connectivity index (χ0v) is 11.5. The van der Waals surface area contributed by atoms with Crippen molar-refractivity contribution in [2.24, 2.45) is 0 Å².